The van der Waals surface area contributed by atoms with Gasteiger partial charge in [0, 0.05) is 19.4 Å². The van der Waals surface area contributed by atoms with Gasteiger partial charge in [-0.2, -0.15) is 0 Å². The highest BCUT2D eigenvalue weighted by Crippen LogP contribution is 2.10. The summed E-state index contributed by atoms with van der Waals surface area (Å²) in [6.07, 6.45) is 1.12. The van der Waals surface area contributed by atoms with Gasteiger partial charge in [0.05, 0.1) is 71.6 Å². The molecule has 29 heavy (non-hydrogen) atoms. The highest BCUT2D eigenvalue weighted by atomic mass is 16.6. The Bertz CT molecular complexity index is 427. The number of ether oxygens (including phenoxy) is 5. The summed E-state index contributed by atoms with van der Waals surface area (Å²) in [7, 11) is 0. The van der Waals surface area contributed by atoms with Gasteiger partial charge in [-0.05, 0) is 13.3 Å². The van der Waals surface area contributed by atoms with Crippen LogP contribution in [0.3, 0.4) is 0 Å². The number of hydrogen-bond donors (Lipinski definition) is 3. The molecule has 0 fully saturated rings. The predicted molar refractivity (Wildman–Crippen MR) is 108 cm³/mol. The van der Waals surface area contributed by atoms with E-state index in [1.54, 1.807) is 0 Å². The molecule has 0 aromatic rings. The lowest BCUT2D eigenvalue weighted by Crippen LogP contribution is -2.49. The average Bonchev–Trinajstić information content (AvgIpc) is 2.68. The molecule has 0 aromatic heterocycles. The Morgan fingerprint density at radius 1 is 0.793 bits per heavy atom. The molecule has 0 saturated carbocycles. The molecule has 0 aliphatic carbocycles. The normalized spacial score (nSPS) is 13.2. The minimum atomic E-state index is -0.493. The first-order valence-corrected chi connectivity index (χ1v) is 10.1. The highest BCUT2D eigenvalue weighted by molar-refractivity contribution is 5.76. The van der Waals surface area contributed by atoms with Crippen molar-refractivity contribution in [2.24, 2.45) is 11.5 Å². The third-order valence-corrected chi connectivity index (χ3v) is 3.99. The Balaban J connectivity index is 3.58. The van der Waals surface area contributed by atoms with Crippen molar-refractivity contribution >= 4 is 11.8 Å². The van der Waals surface area contributed by atoms with Gasteiger partial charge < -0.3 is 40.5 Å². The monoisotopic (exact) mass is 421 g/mol. The van der Waals surface area contributed by atoms with E-state index < -0.39 is 11.4 Å². The number of primary amides is 1. The Morgan fingerprint density at radius 3 is 1.76 bits per heavy atom. The van der Waals surface area contributed by atoms with Crippen molar-refractivity contribution in [1.29, 1.82) is 0 Å². The van der Waals surface area contributed by atoms with Crippen molar-refractivity contribution in [2.45, 2.75) is 38.6 Å². The third-order valence-electron chi connectivity index (χ3n) is 3.99. The van der Waals surface area contributed by atoms with Gasteiger partial charge in [0.1, 0.15) is 0 Å². The van der Waals surface area contributed by atoms with Crippen LogP contribution in [0.4, 0.5) is 0 Å². The van der Waals surface area contributed by atoms with Gasteiger partial charge in [0.25, 0.3) is 0 Å². The van der Waals surface area contributed by atoms with Crippen LogP contribution in [-0.4, -0.2) is 90.0 Å². The Morgan fingerprint density at radius 2 is 1.28 bits per heavy atom. The summed E-state index contributed by atoms with van der Waals surface area (Å²) in [6.45, 7) is 8.65. The zero-order valence-electron chi connectivity index (χ0n) is 17.9. The average molecular weight is 422 g/mol. The second-order valence-corrected chi connectivity index (χ2v) is 6.72. The lowest BCUT2D eigenvalue weighted by atomic mass is 10.00. The smallest absolute Gasteiger partial charge is 0.222 e. The summed E-state index contributed by atoms with van der Waals surface area (Å²) in [5.74, 6) is -0.521. The molecule has 0 radical (unpaired) electrons. The van der Waals surface area contributed by atoms with Crippen LogP contribution in [0.25, 0.3) is 0 Å². The van der Waals surface area contributed by atoms with Gasteiger partial charge in [0.2, 0.25) is 11.8 Å². The van der Waals surface area contributed by atoms with Crippen molar-refractivity contribution in [3.8, 4) is 0 Å². The van der Waals surface area contributed by atoms with Gasteiger partial charge in [-0.3, -0.25) is 9.59 Å². The molecule has 10 heteroatoms. The molecule has 0 aliphatic rings. The SMILES string of the molecule is CCC(C)(COCCC(N)=O)NC(=O)CCOCCOCCOCCOCCN. The van der Waals surface area contributed by atoms with E-state index in [-0.39, 0.29) is 25.4 Å². The summed E-state index contributed by atoms with van der Waals surface area (Å²) in [5.41, 5.74) is 9.88. The quantitative estimate of drug-likeness (QED) is 0.212. The second kappa shape index (κ2) is 18.7. The van der Waals surface area contributed by atoms with Crippen LogP contribution >= 0.6 is 0 Å². The fourth-order valence-electron chi connectivity index (χ4n) is 2.11. The lowest BCUT2D eigenvalue weighted by molar-refractivity contribution is -0.125. The van der Waals surface area contributed by atoms with Crippen molar-refractivity contribution in [3.05, 3.63) is 0 Å². The van der Waals surface area contributed by atoms with E-state index in [9.17, 15) is 9.59 Å². The molecule has 1 atom stereocenters. The largest absolute Gasteiger partial charge is 0.379 e. The number of carbonyl (C=O) groups is 2. The van der Waals surface area contributed by atoms with Gasteiger partial charge in [0.15, 0.2) is 0 Å². The molecule has 0 saturated heterocycles. The van der Waals surface area contributed by atoms with Crippen LogP contribution in [-0.2, 0) is 33.3 Å². The predicted octanol–water partition coefficient (Wildman–Crippen LogP) is -0.421. The van der Waals surface area contributed by atoms with Gasteiger partial charge >= 0.3 is 0 Å². The van der Waals surface area contributed by atoms with Crippen LogP contribution in [0.2, 0.25) is 0 Å². The summed E-state index contributed by atoms with van der Waals surface area (Å²) < 4.78 is 26.7. The first kappa shape index (κ1) is 27.7. The van der Waals surface area contributed by atoms with Crippen LogP contribution in [0.15, 0.2) is 0 Å². The van der Waals surface area contributed by atoms with Crippen molar-refractivity contribution in [1.82, 2.24) is 5.32 Å². The van der Waals surface area contributed by atoms with Gasteiger partial charge in [-0.15, -0.1) is 0 Å². The summed E-state index contributed by atoms with van der Waals surface area (Å²) in [5, 5.41) is 2.95. The second-order valence-electron chi connectivity index (χ2n) is 6.72. The maximum absolute atomic E-state index is 12.1. The first-order chi connectivity index (χ1) is 13.9. The summed E-state index contributed by atoms with van der Waals surface area (Å²) in [4.78, 5) is 22.8. The zero-order valence-corrected chi connectivity index (χ0v) is 17.9. The fraction of sp³-hybridized carbons (Fsp3) is 0.895. The fourth-order valence-corrected chi connectivity index (χ4v) is 2.11. The van der Waals surface area contributed by atoms with E-state index in [0.29, 0.717) is 72.4 Å². The topological polar surface area (TPSA) is 144 Å². The van der Waals surface area contributed by atoms with Crippen LogP contribution in [0.5, 0.6) is 0 Å². The van der Waals surface area contributed by atoms with Gasteiger partial charge in [-0.25, -0.2) is 0 Å². The number of rotatable bonds is 21. The number of hydrogen-bond acceptors (Lipinski definition) is 8. The molecular formula is C19H39N3O7. The molecule has 1 unspecified atom stereocenters. The molecule has 0 spiro atoms. The zero-order chi connectivity index (χ0) is 21.8. The Hall–Kier alpha value is -1.30. The van der Waals surface area contributed by atoms with Crippen molar-refractivity contribution in [2.75, 3.05) is 72.6 Å². The maximum atomic E-state index is 12.1. The molecule has 0 bridgehead atoms. The molecular weight excluding hydrogens is 382 g/mol. The molecule has 172 valence electrons. The van der Waals surface area contributed by atoms with Crippen LogP contribution in [0, 0.1) is 0 Å². The minimum Gasteiger partial charge on any atom is -0.379 e. The molecule has 0 aromatic carbocycles. The number of amides is 2. The Labute approximate surface area is 173 Å². The van der Waals surface area contributed by atoms with E-state index in [1.165, 1.54) is 0 Å². The lowest BCUT2D eigenvalue weighted by Gasteiger charge is -2.29. The standard InChI is InChI=1S/C19H39N3O7/c1-3-19(2,16-29-7-4-17(21)23)22-18(24)5-8-25-10-12-27-14-15-28-13-11-26-9-6-20/h3-16,20H2,1-2H3,(H2,21,23)(H,22,24). The molecule has 2 amide bonds. The first-order valence-electron chi connectivity index (χ1n) is 10.1. The summed E-state index contributed by atoms with van der Waals surface area (Å²) >= 11 is 0. The highest BCUT2D eigenvalue weighted by Gasteiger charge is 2.24. The van der Waals surface area contributed by atoms with Crippen molar-refractivity contribution < 1.29 is 33.3 Å². The van der Waals surface area contributed by atoms with E-state index in [4.69, 9.17) is 35.2 Å². The number of nitrogens with two attached hydrogens (primary N) is 2. The number of nitrogens with one attached hydrogen (secondary N) is 1. The van der Waals surface area contributed by atoms with Crippen LogP contribution in [0.1, 0.15) is 33.1 Å². The van der Waals surface area contributed by atoms with Gasteiger partial charge in [-0.1, -0.05) is 6.92 Å². The molecule has 0 aliphatic heterocycles. The molecule has 0 heterocycles. The van der Waals surface area contributed by atoms with Crippen molar-refractivity contribution in [3.63, 3.8) is 0 Å². The molecule has 5 N–H and O–H groups in total. The van der Waals surface area contributed by atoms with E-state index in [2.05, 4.69) is 5.32 Å². The third kappa shape index (κ3) is 18.5. The molecule has 0 rings (SSSR count). The Kier molecular flexibility index (Phi) is 17.9. The van der Waals surface area contributed by atoms with E-state index in [1.807, 2.05) is 13.8 Å². The number of carbonyl (C=O) groups excluding carboxylic acids is 2. The van der Waals surface area contributed by atoms with Crippen LogP contribution < -0.4 is 16.8 Å². The summed E-state index contributed by atoms with van der Waals surface area (Å²) in [6, 6.07) is 0. The van der Waals surface area contributed by atoms with E-state index >= 15 is 0 Å². The minimum absolute atomic E-state index is 0.112. The molecule has 10 nitrogen and oxygen atoms in total. The maximum Gasteiger partial charge on any atom is 0.222 e. The van der Waals surface area contributed by atoms with E-state index in [0.717, 1.165) is 0 Å².